The molecule has 0 spiro atoms. The van der Waals surface area contributed by atoms with Crippen LogP contribution in [-0.4, -0.2) is 24.7 Å². The van der Waals surface area contributed by atoms with Gasteiger partial charge >= 0.3 is 6.18 Å². The topological polar surface area (TPSA) is 38.5 Å². The van der Waals surface area contributed by atoms with Crippen molar-refractivity contribution >= 4 is 5.69 Å². The zero-order valence-electron chi connectivity index (χ0n) is 9.83. The van der Waals surface area contributed by atoms with E-state index in [1.807, 2.05) is 0 Å². The number of nitrogens with two attached hydrogens (primary N) is 1. The van der Waals surface area contributed by atoms with Crippen molar-refractivity contribution in [1.29, 1.82) is 0 Å². The molecule has 6 heteroatoms. The molecule has 18 heavy (non-hydrogen) atoms. The molecule has 1 aromatic rings. The fraction of sp³-hybridized carbons (Fsp3) is 0.500. The molecule has 1 aliphatic heterocycles. The van der Waals surface area contributed by atoms with Gasteiger partial charge in [0.25, 0.3) is 0 Å². The summed E-state index contributed by atoms with van der Waals surface area (Å²) in [5.74, 6) is 0.161. The van der Waals surface area contributed by atoms with Gasteiger partial charge in [-0.25, -0.2) is 0 Å². The van der Waals surface area contributed by atoms with Crippen LogP contribution in [0.4, 0.5) is 18.9 Å². The number of likely N-dealkylation sites (tertiary alicyclic amines) is 1. The van der Waals surface area contributed by atoms with E-state index in [1.54, 1.807) is 0 Å². The van der Waals surface area contributed by atoms with Gasteiger partial charge in [-0.2, -0.15) is 13.2 Å². The van der Waals surface area contributed by atoms with Crippen LogP contribution in [0.25, 0.3) is 0 Å². The molecule has 0 unspecified atom stereocenters. The summed E-state index contributed by atoms with van der Waals surface area (Å²) in [6, 6.07) is 3.29. The fourth-order valence-corrected chi connectivity index (χ4v) is 1.95. The highest BCUT2D eigenvalue weighted by Crippen LogP contribution is 2.33. The van der Waals surface area contributed by atoms with Gasteiger partial charge in [-0.3, -0.25) is 4.90 Å². The number of halogens is 3. The Balaban J connectivity index is 2.05. The van der Waals surface area contributed by atoms with Crippen molar-refractivity contribution in [2.75, 3.05) is 25.6 Å². The Bertz CT molecular complexity index is 414. The predicted molar refractivity (Wildman–Crippen MR) is 62.2 cm³/mol. The maximum Gasteiger partial charge on any atom is 0.416 e. The lowest BCUT2D eigenvalue weighted by Gasteiger charge is -2.17. The lowest BCUT2D eigenvalue weighted by molar-refractivity contribution is -0.137. The number of benzene rings is 1. The highest BCUT2D eigenvalue weighted by Gasteiger charge is 2.31. The van der Waals surface area contributed by atoms with Crippen LogP contribution >= 0.6 is 0 Å². The van der Waals surface area contributed by atoms with Crippen molar-refractivity contribution in [3.8, 4) is 5.75 Å². The molecule has 1 aromatic carbocycles. The van der Waals surface area contributed by atoms with Gasteiger partial charge in [0.2, 0.25) is 0 Å². The van der Waals surface area contributed by atoms with Crippen LogP contribution in [0, 0.1) is 0 Å². The minimum absolute atomic E-state index is 0.0567. The average Bonchev–Trinajstić information content (AvgIpc) is 2.77. The highest BCUT2D eigenvalue weighted by atomic mass is 19.4. The summed E-state index contributed by atoms with van der Waals surface area (Å²) >= 11 is 0. The quantitative estimate of drug-likeness (QED) is 0.849. The van der Waals surface area contributed by atoms with E-state index in [-0.39, 0.29) is 11.4 Å². The number of alkyl halides is 3. The van der Waals surface area contributed by atoms with Crippen LogP contribution in [0.2, 0.25) is 0 Å². The lowest BCUT2D eigenvalue weighted by Crippen LogP contribution is -2.24. The van der Waals surface area contributed by atoms with E-state index in [0.29, 0.717) is 6.73 Å². The van der Waals surface area contributed by atoms with Gasteiger partial charge in [-0.05, 0) is 25.0 Å². The van der Waals surface area contributed by atoms with Crippen molar-refractivity contribution in [2.45, 2.75) is 19.0 Å². The molecule has 0 amide bonds. The highest BCUT2D eigenvalue weighted by molar-refractivity contribution is 5.48. The second kappa shape index (κ2) is 5.06. The van der Waals surface area contributed by atoms with Gasteiger partial charge in [-0.15, -0.1) is 0 Å². The largest absolute Gasteiger partial charge is 0.478 e. The number of rotatable bonds is 3. The molecular formula is C12H15F3N2O. The standard InChI is InChI=1S/C12H15F3N2O/c13-12(14,15)9-5-10(16)7-11(6-9)18-8-17-3-1-2-4-17/h5-7H,1-4,8,16H2. The summed E-state index contributed by atoms with van der Waals surface area (Å²) in [5, 5.41) is 0. The van der Waals surface area contributed by atoms with Crippen LogP contribution in [0.15, 0.2) is 18.2 Å². The molecule has 1 aliphatic rings. The number of anilines is 1. The van der Waals surface area contributed by atoms with Gasteiger partial charge in [0.15, 0.2) is 0 Å². The first-order valence-electron chi connectivity index (χ1n) is 5.78. The number of ether oxygens (including phenoxy) is 1. The maximum absolute atomic E-state index is 12.6. The third kappa shape index (κ3) is 3.29. The molecule has 1 saturated heterocycles. The molecule has 2 rings (SSSR count). The van der Waals surface area contributed by atoms with Gasteiger partial charge in [0.05, 0.1) is 5.56 Å². The molecule has 0 aliphatic carbocycles. The van der Waals surface area contributed by atoms with Gasteiger partial charge in [-0.1, -0.05) is 0 Å². The molecule has 1 fully saturated rings. The number of hydrogen-bond donors (Lipinski definition) is 1. The van der Waals surface area contributed by atoms with Crippen LogP contribution in [-0.2, 0) is 6.18 Å². The van der Waals surface area contributed by atoms with Gasteiger partial charge in [0.1, 0.15) is 12.5 Å². The summed E-state index contributed by atoms with van der Waals surface area (Å²) in [6.07, 6.45) is -2.19. The average molecular weight is 260 g/mol. The second-order valence-corrected chi connectivity index (χ2v) is 4.39. The summed E-state index contributed by atoms with van der Waals surface area (Å²) in [7, 11) is 0. The second-order valence-electron chi connectivity index (χ2n) is 4.39. The van der Waals surface area contributed by atoms with Crippen molar-refractivity contribution in [3.05, 3.63) is 23.8 Å². The summed E-state index contributed by atoms with van der Waals surface area (Å²) < 4.78 is 43.1. The Morgan fingerprint density at radius 3 is 2.44 bits per heavy atom. The fourth-order valence-electron chi connectivity index (χ4n) is 1.95. The monoisotopic (exact) mass is 260 g/mol. The number of nitrogens with zero attached hydrogens (tertiary/aromatic N) is 1. The first kappa shape index (κ1) is 13.0. The van der Waals surface area contributed by atoms with E-state index in [2.05, 4.69) is 4.90 Å². The zero-order valence-corrected chi connectivity index (χ0v) is 9.83. The van der Waals surface area contributed by atoms with Crippen molar-refractivity contribution in [2.24, 2.45) is 0 Å². The molecule has 0 saturated carbocycles. The van der Waals surface area contributed by atoms with E-state index < -0.39 is 11.7 Å². The van der Waals surface area contributed by atoms with Gasteiger partial charge in [0, 0.05) is 24.8 Å². The minimum atomic E-state index is -4.40. The van der Waals surface area contributed by atoms with Crippen molar-refractivity contribution < 1.29 is 17.9 Å². The first-order valence-corrected chi connectivity index (χ1v) is 5.78. The molecule has 0 bridgehead atoms. The van der Waals surface area contributed by atoms with E-state index in [9.17, 15) is 13.2 Å². The maximum atomic E-state index is 12.6. The van der Waals surface area contributed by atoms with E-state index in [1.165, 1.54) is 6.07 Å². The Labute approximate surface area is 103 Å². The van der Waals surface area contributed by atoms with Crippen LogP contribution in [0.5, 0.6) is 5.75 Å². The van der Waals surface area contributed by atoms with Crippen molar-refractivity contribution in [1.82, 2.24) is 4.90 Å². The molecule has 0 atom stereocenters. The van der Waals surface area contributed by atoms with Crippen LogP contribution in [0.1, 0.15) is 18.4 Å². The predicted octanol–water partition coefficient (Wildman–Crippen LogP) is 2.72. The number of nitrogen functional groups attached to an aromatic ring is 1. The smallest absolute Gasteiger partial charge is 0.416 e. The third-order valence-electron chi connectivity index (χ3n) is 2.87. The lowest BCUT2D eigenvalue weighted by atomic mass is 10.2. The molecule has 0 aromatic heterocycles. The molecule has 1 heterocycles. The summed E-state index contributed by atoms with van der Waals surface area (Å²) in [4.78, 5) is 2.05. The Hall–Kier alpha value is -1.43. The Morgan fingerprint density at radius 2 is 1.83 bits per heavy atom. The minimum Gasteiger partial charge on any atom is -0.478 e. The number of hydrogen-bond acceptors (Lipinski definition) is 3. The van der Waals surface area contributed by atoms with E-state index >= 15 is 0 Å². The van der Waals surface area contributed by atoms with Crippen LogP contribution < -0.4 is 10.5 Å². The molecule has 0 radical (unpaired) electrons. The third-order valence-corrected chi connectivity index (χ3v) is 2.87. The van der Waals surface area contributed by atoms with E-state index in [4.69, 9.17) is 10.5 Å². The van der Waals surface area contributed by atoms with Gasteiger partial charge < -0.3 is 10.5 Å². The Kier molecular flexibility index (Phi) is 3.65. The molecule has 3 nitrogen and oxygen atoms in total. The SMILES string of the molecule is Nc1cc(OCN2CCCC2)cc(C(F)(F)F)c1. The van der Waals surface area contributed by atoms with Crippen molar-refractivity contribution in [3.63, 3.8) is 0 Å². The normalized spacial score (nSPS) is 17.1. The van der Waals surface area contributed by atoms with E-state index in [0.717, 1.165) is 38.1 Å². The van der Waals surface area contributed by atoms with Crippen LogP contribution in [0.3, 0.4) is 0 Å². The molecule has 100 valence electrons. The summed E-state index contributed by atoms with van der Waals surface area (Å²) in [6.45, 7) is 2.16. The Morgan fingerprint density at radius 1 is 1.17 bits per heavy atom. The first-order chi connectivity index (χ1) is 8.45. The zero-order chi connectivity index (χ0) is 13.2. The molecular weight excluding hydrogens is 245 g/mol. The summed E-state index contributed by atoms with van der Waals surface area (Å²) in [5.41, 5.74) is 4.72. The molecule has 2 N–H and O–H groups in total.